The van der Waals surface area contributed by atoms with Crippen LogP contribution < -0.4 is 0 Å². The number of hydrogen-bond donors (Lipinski definition) is 0. The molecule has 0 aliphatic rings. The zero-order chi connectivity index (χ0) is 14.5. The third-order valence-corrected chi connectivity index (χ3v) is 4.48. The Bertz CT molecular complexity index is 686. The molecule has 0 amide bonds. The van der Waals surface area contributed by atoms with E-state index in [9.17, 15) is 0 Å². The Morgan fingerprint density at radius 1 is 0.857 bits per heavy atom. The Kier molecular flexibility index (Phi) is 4.46. The summed E-state index contributed by atoms with van der Waals surface area (Å²) >= 11 is 1.86. The highest BCUT2D eigenvalue weighted by atomic mass is 32.2. The van der Waals surface area contributed by atoms with E-state index < -0.39 is 0 Å². The molecule has 1 heterocycles. The highest BCUT2D eigenvalue weighted by molar-refractivity contribution is 7.99. The van der Waals surface area contributed by atoms with Crippen molar-refractivity contribution < 1.29 is 4.42 Å². The number of rotatable bonds is 5. The second kappa shape index (κ2) is 6.68. The van der Waals surface area contributed by atoms with Crippen molar-refractivity contribution in [1.29, 1.82) is 0 Å². The van der Waals surface area contributed by atoms with Gasteiger partial charge in [0, 0.05) is 11.1 Å². The van der Waals surface area contributed by atoms with Gasteiger partial charge in [0.05, 0.1) is 4.90 Å². The highest BCUT2D eigenvalue weighted by Crippen LogP contribution is 2.38. The van der Waals surface area contributed by atoms with Gasteiger partial charge in [-0.3, -0.25) is 0 Å². The quantitative estimate of drug-likeness (QED) is 0.526. The lowest BCUT2D eigenvalue weighted by Crippen LogP contribution is -1.78. The zero-order valence-corrected chi connectivity index (χ0v) is 12.9. The van der Waals surface area contributed by atoms with Gasteiger partial charge in [0.1, 0.15) is 11.5 Å². The van der Waals surface area contributed by atoms with Crippen LogP contribution in [-0.4, -0.2) is 5.75 Å². The van der Waals surface area contributed by atoms with E-state index >= 15 is 0 Å². The van der Waals surface area contributed by atoms with Crippen molar-refractivity contribution in [2.24, 2.45) is 0 Å². The lowest BCUT2D eigenvalue weighted by Gasteiger charge is -2.01. The molecule has 3 aromatic rings. The second-order valence-electron chi connectivity index (χ2n) is 4.88. The average molecular weight is 294 g/mol. The average Bonchev–Trinajstić information content (AvgIpc) is 2.99. The van der Waals surface area contributed by atoms with Crippen LogP contribution in [-0.2, 0) is 0 Å². The molecule has 2 aromatic carbocycles. The minimum Gasteiger partial charge on any atom is -0.455 e. The van der Waals surface area contributed by atoms with Crippen molar-refractivity contribution in [2.45, 2.75) is 18.2 Å². The minimum absolute atomic E-state index is 0.938. The molecule has 0 bridgehead atoms. The van der Waals surface area contributed by atoms with E-state index in [1.165, 1.54) is 4.90 Å². The van der Waals surface area contributed by atoms with E-state index in [1.807, 2.05) is 48.2 Å². The van der Waals surface area contributed by atoms with Crippen LogP contribution in [0.5, 0.6) is 0 Å². The predicted molar refractivity (Wildman–Crippen MR) is 90.6 cm³/mol. The normalized spacial score (nSPS) is 10.7. The first kappa shape index (κ1) is 14.0. The van der Waals surface area contributed by atoms with Gasteiger partial charge in [-0.1, -0.05) is 67.6 Å². The molecule has 106 valence electrons. The molecule has 0 N–H and O–H groups in total. The van der Waals surface area contributed by atoms with Gasteiger partial charge >= 0.3 is 0 Å². The molecule has 0 unspecified atom stereocenters. The monoisotopic (exact) mass is 294 g/mol. The lowest BCUT2D eigenvalue weighted by molar-refractivity contribution is 0.592. The smallest absolute Gasteiger partial charge is 0.148 e. The number of furan rings is 1. The number of hydrogen-bond acceptors (Lipinski definition) is 2. The summed E-state index contributed by atoms with van der Waals surface area (Å²) < 4.78 is 6.16. The first-order valence-electron chi connectivity index (χ1n) is 7.26. The minimum atomic E-state index is 0.938. The second-order valence-corrected chi connectivity index (χ2v) is 6.02. The van der Waals surface area contributed by atoms with Crippen molar-refractivity contribution in [3.8, 4) is 22.6 Å². The van der Waals surface area contributed by atoms with Gasteiger partial charge in [0.25, 0.3) is 0 Å². The lowest BCUT2D eigenvalue weighted by atomic mass is 10.1. The maximum atomic E-state index is 6.16. The maximum Gasteiger partial charge on any atom is 0.148 e. The summed E-state index contributed by atoms with van der Waals surface area (Å²) in [7, 11) is 0. The van der Waals surface area contributed by atoms with Gasteiger partial charge < -0.3 is 4.42 Å². The number of benzene rings is 2. The summed E-state index contributed by atoms with van der Waals surface area (Å²) in [6, 6.07) is 22.8. The topological polar surface area (TPSA) is 13.1 Å². The fourth-order valence-corrected chi connectivity index (χ4v) is 3.13. The fourth-order valence-electron chi connectivity index (χ4n) is 2.23. The number of thioether (sulfide) groups is 1. The van der Waals surface area contributed by atoms with E-state index in [0.717, 1.165) is 34.8 Å². The Labute approximate surface area is 130 Å². The molecule has 0 aliphatic heterocycles. The van der Waals surface area contributed by atoms with E-state index in [-0.39, 0.29) is 0 Å². The summed E-state index contributed by atoms with van der Waals surface area (Å²) in [4.78, 5) is 1.22. The molecule has 0 radical (unpaired) electrons. The van der Waals surface area contributed by atoms with Crippen LogP contribution in [0.3, 0.4) is 0 Å². The molecular formula is C19H18OS. The molecular weight excluding hydrogens is 276 g/mol. The molecule has 0 saturated carbocycles. The summed E-state index contributed by atoms with van der Waals surface area (Å²) in [6.45, 7) is 2.20. The molecule has 0 fully saturated rings. The van der Waals surface area contributed by atoms with Gasteiger partial charge in [-0.2, -0.15) is 0 Å². The Morgan fingerprint density at radius 3 is 2.10 bits per heavy atom. The summed E-state index contributed by atoms with van der Waals surface area (Å²) in [5.74, 6) is 3.02. The van der Waals surface area contributed by atoms with Crippen LogP contribution in [0.15, 0.2) is 76.0 Å². The van der Waals surface area contributed by atoms with Crippen LogP contribution in [0.2, 0.25) is 0 Å². The Morgan fingerprint density at radius 2 is 1.48 bits per heavy atom. The molecule has 0 aliphatic carbocycles. The van der Waals surface area contributed by atoms with E-state index in [2.05, 4.69) is 37.3 Å². The van der Waals surface area contributed by atoms with Crippen LogP contribution >= 0.6 is 11.8 Å². The van der Waals surface area contributed by atoms with Crippen LogP contribution in [0.25, 0.3) is 22.6 Å². The fraction of sp³-hybridized carbons (Fsp3) is 0.158. The van der Waals surface area contributed by atoms with E-state index in [1.54, 1.807) is 0 Å². The van der Waals surface area contributed by atoms with Crippen molar-refractivity contribution in [3.05, 3.63) is 66.7 Å². The van der Waals surface area contributed by atoms with Crippen LogP contribution in [0.1, 0.15) is 13.3 Å². The summed E-state index contributed by atoms with van der Waals surface area (Å²) in [5.41, 5.74) is 2.26. The summed E-state index contributed by atoms with van der Waals surface area (Å²) in [6.07, 6.45) is 1.16. The first-order valence-corrected chi connectivity index (χ1v) is 8.24. The van der Waals surface area contributed by atoms with Gasteiger partial charge in [-0.25, -0.2) is 0 Å². The van der Waals surface area contributed by atoms with Crippen molar-refractivity contribution in [1.82, 2.24) is 0 Å². The SMILES string of the molecule is CCCSc1cc(-c2ccccc2)oc1-c1ccccc1. The van der Waals surface area contributed by atoms with Crippen molar-refractivity contribution in [2.75, 3.05) is 5.75 Å². The highest BCUT2D eigenvalue weighted by Gasteiger charge is 2.14. The maximum absolute atomic E-state index is 6.16. The molecule has 3 rings (SSSR count). The zero-order valence-electron chi connectivity index (χ0n) is 12.1. The predicted octanol–water partition coefficient (Wildman–Crippen LogP) is 6.12. The van der Waals surface area contributed by atoms with Crippen molar-refractivity contribution in [3.63, 3.8) is 0 Å². The molecule has 0 spiro atoms. The van der Waals surface area contributed by atoms with Crippen molar-refractivity contribution >= 4 is 11.8 Å². The van der Waals surface area contributed by atoms with Gasteiger partial charge in [0.15, 0.2) is 0 Å². The molecule has 1 aromatic heterocycles. The molecule has 0 saturated heterocycles. The standard InChI is InChI=1S/C19H18OS/c1-2-13-21-18-14-17(15-9-5-3-6-10-15)20-19(18)16-11-7-4-8-12-16/h3-12,14H,2,13H2,1H3. The molecule has 0 atom stereocenters. The summed E-state index contributed by atoms with van der Waals surface area (Å²) in [5, 5.41) is 0. The molecule has 1 nitrogen and oxygen atoms in total. The van der Waals surface area contributed by atoms with E-state index in [4.69, 9.17) is 4.42 Å². The Balaban J connectivity index is 2.03. The largest absolute Gasteiger partial charge is 0.455 e. The van der Waals surface area contributed by atoms with E-state index in [0.29, 0.717) is 0 Å². The van der Waals surface area contributed by atoms with Crippen LogP contribution in [0.4, 0.5) is 0 Å². The van der Waals surface area contributed by atoms with Gasteiger partial charge in [-0.05, 0) is 18.2 Å². The van der Waals surface area contributed by atoms with Gasteiger partial charge in [-0.15, -0.1) is 11.8 Å². The molecule has 2 heteroatoms. The third-order valence-electron chi connectivity index (χ3n) is 3.25. The van der Waals surface area contributed by atoms with Crippen LogP contribution in [0, 0.1) is 0 Å². The molecule has 21 heavy (non-hydrogen) atoms. The van der Waals surface area contributed by atoms with Gasteiger partial charge in [0.2, 0.25) is 0 Å². The first-order chi connectivity index (χ1) is 10.4. The third kappa shape index (κ3) is 3.22. The Hall–Kier alpha value is -1.93.